The van der Waals surface area contributed by atoms with Gasteiger partial charge in [-0.05, 0) is 37.1 Å². The highest BCUT2D eigenvalue weighted by Gasteiger charge is 2.39. The Morgan fingerprint density at radius 1 is 0.647 bits per heavy atom. The third kappa shape index (κ3) is 3.50. The number of pyridine rings is 2. The molecule has 2 fully saturated rings. The van der Waals surface area contributed by atoms with E-state index in [0.29, 0.717) is 12.8 Å². The predicted molar refractivity (Wildman–Crippen MR) is 134 cm³/mol. The first kappa shape index (κ1) is 20.8. The van der Waals surface area contributed by atoms with Crippen molar-refractivity contribution >= 4 is 45.0 Å². The summed E-state index contributed by atoms with van der Waals surface area (Å²) in [4.78, 5) is 37.8. The van der Waals surface area contributed by atoms with Gasteiger partial charge in [0.05, 0.1) is 22.4 Å². The monoisotopic (exact) mass is 450 g/mol. The first-order chi connectivity index (χ1) is 16.7. The van der Waals surface area contributed by atoms with Crippen molar-refractivity contribution in [2.24, 2.45) is 0 Å². The van der Waals surface area contributed by atoms with Gasteiger partial charge in [-0.25, -0.2) is 0 Å². The molecule has 2 aromatic carbocycles. The zero-order chi connectivity index (χ0) is 23.1. The summed E-state index contributed by atoms with van der Waals surface area (Å²) in [5.74, 6) is 0.338. The minimum atomic E-state index is 0.169. The molecule has 2 saturated heterocycles. The maximum absolute atomic E-state index is 12.5. The molecular weight excluding hydrogens is 424 g/mol. The van der Waals surface area contributed by atoms with E-state index in [1.165, 1.54) is 0 Å². The van der Waals surface area contributed by atoms with Gasteiger partial charge in [0, 0.05) is 48.1 Å². The standard InChI is InChI=1S/C28H26N4O2/c33-25-17-21(31(25)23-13-3-7-19-9-5-15-29-27(19)23)11-1-2-12-22-18-26(34)32(22)24-14-4-8-20-10-6-16-30-28(20)24/h3-10,13-16,21-22H,1-2,11-12,17-18H2. The highest BCUT2D eigenvalue weighted by molar-refractivity contribution is 6.07. The Balaban J connectivity index is 1.09. The van der Waals surface area contributed by atoms with Crippen molar-refractivity contribution in [1.29, 1.82) is 0 Å². The molecule has 2 amide bonds. The van der Waals surface area contributed by atoms with E-state index in [1.54, 1.807) is 12.4 Å². The molecule has 0 saturated carbocycles. The molecule has 0 radical (unpaired) electrons. The van der Waals surface area contributed by atoms with E-state index in [9.17, 15) is 9.59 Å². The van der Waals surface area contributed by atoms with E-state index >= 15 is 0 Å². The fourth-order valence-electron chi connectivity index (χ4n) is 5.41. The summed E-state index contributed by atoms with van der Waals surface area (Å²) in [5.41, 5.74) is 3.60. The number of nitrogens with zero attached hydrogens (tertiary/aromatic N) is 4. The van der Waals surface area contributed by atoms with Gasteiger partial charge < -0.3 is 9.80 Å². The minimum absolute atomic E-state index is 0.169. The Hall–Kier alpha value is -3.80. The second-order valence-corrected chi connectivity index (χ2v) is 9.23. The van der Waals surface area contributed by atoms with E-state index in [-0.39, 0.29) is 23.9 Å². The lowest BCUT2D eigenvalue weighted by molar-refractivity contribution is -0.125. The van der Waals surface area contributed by atoms with Gasteiger partial charge >= 0.3 is 0 Å². The van der Waals surface area contributed by atoms with Crippen LogP contribution in [0.5, 0.6) is 0 Å². The fraction of sp³-hybridized carbons (Fsp3) is 0.286. The number of aromatic nitrogens is 2. The molecule has 2 unspecified atom stereocenters. The summed E-state index contributed by atoms with van der Waals surface area (Å²) in [7, 11) is 0. The number of para-hydroxylation sites is 2. The van der Waals surface area contributed by atoms with Crippen LogP contribution in [-0.2, 0) is 9.59 Å². The number of hydrogen-bond donors (Lipinski definition) is 0. The van der Waals surface area contributed by atoms with Gasteiger partial charge in [0.15, 0.2) is 0 Å². The Morgan fingerprint density at radius 3 is 1.53 bits per heavy atom. The van der Waals surface area contributed by atoms with Crippen LogP contribution < -0.4 is 9.80 Å². The molecule has 2 aliphatic rings. The van der Waals surface area contributed by atoms with Crippen molar-refractivity contribution in [2.75, 3.05) is 9.80 Å². The van der Waals surface area contributed by atoms with Crippen LogP contribution in [0.3, 0.4) is 0 Å². The molecule has 0 spiro atoms. The molecule has 6 rings (SSSR count). The summed E-state index contributed by atoms with van der Waals surface area (Å²) in [5, 5.41) is 2.10. The van der Waals surface area contributed by atoms with E-state index in [0.717, 1.165) is 58.9 Å². The second kappa shape index (κ2) is 8.52. The molecule has 2 aromatic heterocycles. The number of amides is 2. The summed E-state index contributed by atoms with van der Waals surface area (Å²) < 4.78 is 0. The Kier molecular flexibility index (Phi) is 5.21. The van der Waals surface area contributed by atoms with E-state index in [2.05, 4.69) is 9.97 Å². The van der Waals surface area contributed by atoms with Gasteiger partial charge in [0.1, 0.15) is 0 Å². The van der Waals surface area contributed by atoms with Crippen molar-refractivity contribution in [3.05, 3.63) is 73.1 Å². The summed E-state index contributed by atoms with van der Waals surface area (Å²) in [6.07, 6.45) is 8.73. The number of hydrogen-bond acceptors (Lipinski definition) is 4. The zero-order valence-corrected chi connectivity index (χ0v) is 18.9. The lowest BCUT2D eigenvalue weighted by Crippen LogP contribution is -2.53. The number of carbonyl (C=O) groups excluding carboxylic acids is 2. The quantitative estimate of drug-likeness (QED) is 0.285. The molecule has 2 atom stereocenters. The summed E-state index contributed by atoms with van der Waals surface area (Å²) >= 11 is 0. The molecule has 4 heterocycles. The predicted octanol–water partition coefficient (Wildman–Crippen LogP) is 5.25. The maximum atomic E-state index is 12.5. The van der Waals surface area contributed by atoms with Crippen LogP contribution in [-0.4, -0.2) is 33.9 Å². The van der Waals surface area contributed by atoms with Crippen molar-refractivity contribution in [3.8, 4) is 0 Å². The largest absolute Gasteiger partial charge is 0.307 e. The second-order valence-electron chi connectivity index (χ2n) is 9.23. The molecule has 2 aliphatic heterocycles. The van der Waals surface area contributed by atoms with Gasteiger partial charge in [0.2, 0.25) is 11.8 Å². The van der Waals surface area contributed by atoms with Crippen LogP contribution >= 0.6 is 0 Å². The van der Waals surface area contributed by atoms with Crippen LogP contribution in [0.1, 0.15) is 38.5 Å². The van der Waals surface area contributed by atoms with Crippen LogP contribution in [0.15, 0.2) is 73.1 Å². The normalized spacial score (nSPS) is 20.0. The number of unbranched alkanes of at least 4 members (excludes halogenated alkanes) is 1. The molecule has 34 heavy (non-hydrogen) atoms. The van der Waals surface area contributed by atoms with E-state index < -0.39 is 0 Å². The van der Waals surface area contributed by atoms with Gasteiger partial charge in [-0.2, -0.15) is 0 Å². The van der Waals surface area contributed by atoms with Gasteiger partial charge in [-0.3, -0.25) is 19.6 Å². The first-order valence-electron chi connectivity index (χ1n) is 12.0. The van der Waals surface area contributed by atoms with Crippen molar-refractivity contribution in [2.45, 2.75) is 50.6 Å². The third-order valence-corrected chi connectivity index (χ3v) is 7.15. The molecule has 0 aliphatic carbocycles. The molecule has 6 nitrogen and oxygen atoms in total. The highest BCUT2D eigenvalue weighted by Crippen LogP contribution is 2.37. The number of anilines is 2. The summed E-state index contributed by atoms with van der Waals surface area (Å²) in [6.45, 7) is 0. The summed E-state index contributed by atoms with van der Waals surface area (Å²) in [6, 6.07) is 20.4. The van der Waals surface area contributed by atoms with Crippen molar-refractivity contribution in [1.82, 2.24) is 9.97 Å². The topological polar surface area (TPSA) is 66.4 Å². The molecule has 4 aromatic rings. The van der Waals surface area contributed by atoms with Crippen LogP contribution in [0.4, 0.5) is 11.4 Å². The molecule has 170 valence electrons. The van der Waals surface area contributed by atoms with Crippen LogP contribution in [0.25, 0.3) is 21.8 Å². The number of benzene rings is 2. The van der Waals surface area contributed by atoms with E-state index in [1.807, 2.05) is 70.5 Å². The average Bonchev–Trinajstić information content (AvgIpc) is 2.85. The highest BCUT2D eigenvalue weighted by atomic mass is 16.2. The lowest BCUT2D eigenvalue weighted by atomic mass is 9.91. The number of β-lactam (4-membered cyclic amide) rings is 2. The van der Waals surface area contributed by atoms with Crippen LogP contribution in [0.2, 0.25) is 0 Å². The van der Waals surface area contributed by atoms with Crippen molar-refractivity contribution < 1.29 is 9.59 Å². The molecular formula is C28H26N4O2. The van der Waals surface area contributed by atoms with E-state index in [4.69, 9.17) is 0 Å². The van der Waals surface area contributed by atoms with Crippen LogP contribution in [0, 0.1) is 0 Å². The van der Waals surface area contributed by atoms with Crippen molar-refractivity contribution in [3.63, 3.8) is 0 Å². The van der Waals surface area contributed by atoms with Gasteiger partial charge in [-0.15, -0.1) is 0 Å². The Morgan fingerprint density at radius 2 is 1.09 bits per heavy atom. The SMILES string of the molecule is O=C1CC(CCCCC2CC(=O)N2c2cccc3cccnc23)N1c1cccc2cccnc12. The maximum Gasteiger partial charge on any atom is 0.229 e. The Bertz CT molecular complexity index is 1280. The molecule has 0 bridgehead atoms. The first-order valence-corrected chi connectivity index (χ1v) is 12.0. The fourth-order valence-corrected chi connectivity index (χ4v) is 5.41. The molecule has 0 N–H and O–H groups in total. The minimum Gasteiger partial charge on any atom is -0.307 e. The zero-order valence-electron chi connectivity index (χ0n) is 18.9. The smallest absolute Gasteiger partial charge is 0.229 e. The lowest BCUT2D eigenvalue weighted by Gasteiger charge is -2.42. The van der Waals surface area contributed by atoms with Gasteiger partial charge in [0.25, 0.3) is 0 Å². The molecule has 6 heteroatoms. The number of fused-ring (bicyclic) bond motifs is 2. The Labute approximate surface area is 198 Å². The average molecular weight is 451 g/mol. The third-order valence-electron chi connectivity index (χ3n) is 7.15. The number of rotatable bonds is 7. The number of carbonyl (C=O) groups is 2. The van der Waals surface area contributed by atoms with Gasteiger partial charge in [-0.1, -0.05) is 49.2 Å².